The molecule has 2 heterocycles. The molecular formula is C12H16N4O2. The first-order chi connectivity index (χ1) is 8.69. The van der Waals surface area contributed by atoms with E-state index in [1.54, 1.807) is 21.8 Å². The maximum absolute atomic E-state index is 11.8. The summed E-state index contributed by atoms with van der Waals surface area (Å²) in [7, 11) is 0. The summed E-state index contributed by atoms with van der Waals surface area (Å²) in [5, 5.41) is 8.10. The number of rotatable bonds is 5. The fraction of sp³-hybridized carbons (Fsp3) is 0.417. The van der Waals surface area contributed by atoms with E-state index in [1.165, 1.54) is 6.20 Å². The van der Waals surface area contributed by atoms with Gasteiger partial charge in [0.05, 0.1) is 18.3 Å². The van der Waals surface area contributed by atoms with E-state index in [2.05, 4.69) is 10.2 Å². The van der Waals surface area contributed by atoms with Crippen LogP contribution in [0, 0.1) is 0 Å². The molecule has 0 aliphatic heterocycles. The topological polar surface area (TPSA) is 61.9 Å². The van der Waals surface area contributed by atoms with Gasteiger partial charge in [-0.1, -0.05) is 0 Å². The molecule has 0 unspecified atom stereocenters. The first-order valence-corrected chi connectivity index (χ1v) is 5.90. The van der Waals surface area contributed by atoms with Crippen LogP contribution in [-0.2, 0) is 17.8 Å². The molecule has 0 radical (unpaired) electrons. The third-order valence-electron chi connectivity index (χ3n) is 2.50. The van der Waals surface area contributed by atoms with Gasteiger partial charge in [-0.05, 0) is 19.9 Å². The van der Waals surface area contributed by atoms with Crippen molar-refractivity contribution < 1.29 is 9.53 Å². The van der Waals surface area contributed by atoms with Crippen molar-refractivity contribution in [3.05, 3.63) is 36.4 Å². The molecule has 6 heteroatoms. The van der Waals surface area contributed by atoms with Gasteiger partial charge in [-0.15, -0.1) is 0 Å². The first kappa shape index (κ1) is 12.3. The zero-order valence-electron chi connectivity index (χ0n) is 10.5. The molecule has 96 valence electrons. The summed E-state index contributed by atoms with van der Waals surface area (Å²) in [6.07, 6.45) is 6.50. The van der Waals surface area contributed by atoms with Gasteiger partial charge in [0.2, 0.25) is 0 Å². The molecular weight excluding hydrogens is 232 g/mol. The molecule has 6 nitrogen and oxygen atoms in total. The largest absolute Gasteiger partial charge is 0.457 e. The molecule has 0 bridgehead atoms. The highest BCUT2D eigenvalue weighted by atomic mass is 16.5. The van der Waals surface area contributed by atoms with Crippen molar-refractivity contribution in [3.8, 4) is 0 Å². The summed E-state index contributed by atoms with van der Waals surface area (Å²) in [5.74, 6) is -0.352. The summed E-state index contributed by atoms with van der Waals surface area (Å²) in [5.41, 5.74) is 0.476. The van der Waals surface area contributed by atoms with Gasteiger partial charge in [0, 0.05) is 25.1 Å². The number of aryl methyl sites for hydroxylation is 1. The number of hydrogen-bond acceptors (Lipinski definition) is 4. The Morgan fingerprint density at radius 2 is 2.28 bits per heavy atom. The summed E-state index contributed by atoms with van der Waals surface area (Å²) in [6.45, 7) is 5.07. The van der Waals surface area contributed by atoms with Crippen LogP contribution in [-0.4, -0.2) is 31.6 Å². The third-order valence-corrected chi connectivity index (χ3v) is 2.50. The van der Waals surface area contributed by atoms with Gasteiger partial charge in [-0.25, -0.2) is 4.79 Å². The molecule has 0 aliphatic rings. The average Bonchev–Trinajstić information content (AvgIpc) is 2.98. The number of carbonyl (C=O) groups excluding carboxylic acids is 1. The molecule has 0 aliphatic carbocycles. The molecule has 1 atom stereocenters. The quantitative estimate of drug-likeness (QED) is 0.749. The Kier molecular flexibility index (Phi) is 3.76. The van der Waals surface area contributed by atoms with Crippen LogP contribution in [0.5, 0.6) is 0 Å². The molecule has 0 N–H and O–H groups in total. The minimum atomic E-state index is -0.352. The standard InChI is InChI=1S/C12H16N4O2/c1-3-15-9-11(7-14-15)12(17)18-10(2)8-16-6-4-5-13-16/h4-7,9-10H,3,8H2,1-2H3/t10-/m0/s1. The Morgan fingerprint density at radius 1 is 1.44 bits per heavy atom. The molecule has 0 amide bonds. The van der Waals surface area contributed by atoms with Crippen molar-refractivity contribution in [2.24, 2.45) is 0 Å². The Morgan fingerprint density at radius 3 is 2.89 bits per heavy atom. The van der Waals surface area contributed by atoms with Gasteiger partial charge >= 0.3 is 5.97 Å². The van der Waals surface area contributed by atoms with E-state index in [4.69, 9.17) is 4.74 Å². The molecule has 2 aromatic rings. The fourth-order valence-corrected chi connectivity index (χ4v) is 1.60. The highest BCUT2D eigenvalue weighted by Crippen LogP contribution is 2.04. The van der Waals surface area contributed by atoms with Gasteiger partial charge in [0.25, 0.3) is 0 Å². The van der Waals surface area contributed by atoms with Crippen LogP contribution in [0.2, 0.25) is 0 Å². The number of carbonyl (C=O) groups is 1. The lowest BCUT2D eigenvalue weighted by Gasteiger charge is -2.12. The van der Waals surface area contributed by atoms with Gasteiger partial charge in [0.15, 0.2) is 0 Å². The van der Waals surface area contributed by atoms with E-state index >= 15 is 0 Å². The SMILES string of the molecule is CCn1cc(C(=O)O[C@@H](C)Cn2cccn2)cn1. The number of hydrogen-bond donors (Lipinski definition) is 0. The highest BCUT2D eigenvalue weighted by Gasteiger charge is 2.14. The van der Waals surface area contributed by atoms with E-state index < -0.39 is 0 Å². The number of esters is 1. The molecule has 0 spiro atoms. The smallest absolute Gasteiger partial charge is 0.341 e. The average molecular weight is 248 g/mol. The van der Waals surface area contributed by atoms with E-state index in [9.17, 15) is 4.79 Å². The van der Waals surface area contributed by atoms with Gasteiger partial charge in [-0.3, -0.25) is 9.36 Å². The third kappa shape index (κ3) is 2.97. The van der Waals surface area contributed by atoms with Crippen molar-refractivity contribution in [1.29, 1.82) is 0 Å². The van der Waals surface area contributed by atoms with E-state index in [0.717, 1.165) is 6.54 Å². The number of aromatic nitrogens is 4. The Labute approximate surface area is 105 Å². The van der Waals surface area contributed by atoms with Crippen LogP contribution in [0.25, 0.3) is 0 Å². The van der Waals surface area contributed by atoms with Crippen LogP contribution < -0.4 is 0 Å². The van der Waals surface area contributed by atoms with Crippen molar-refractivity contribution in [1.82, 2.24) is 19.6 Å². The maximum Gasteiger partial charge on any atom is 0.341 e. The lowest BCUT2D eigenvalue weighted by atomic mass is 10.3. The Balaban J connectivity index is 1.90. The summed E-state index contributed by atoms with van der Waals surface area (Å²) in [4.78, 5) is 11.8. The minimum absolute atomic E-state index is 0.234. The van der Waals surface area contributed by atoms with Crippen molar-refractivity contribution in [2.45, 2.75) is 33.0 Å². The van der Waals surface area contributed by atoms with Crippen molar-refractivity contribution in [3.63, 3.8) is 0 Å². The van der Waals surface area contributed by atoms with Crippen LogP contribution in [0.3, 0.4) is 0 Å². The molecule has 0 fully saturated rings. The monoisotopic (exact) mass is 248 g/mol. The Bertz CT molecular complexity index is 504. The number of ether oxygens (including phenoxy) is 1. The lowest BCUT2D eigenvalue weighted by molar-refractivity contribution is 0.0298. The van der Waals surface area contributed by atoms with E-state index in [-0.39, 0.29) is 12.1 Å². The first-order valence-electron chi connectivity index (χ1n) is 5.90. The second kappa shape index (κ2) is 5.48. The van der Waals surface area contributed by atoms with Crippen molar-refractivity contribution in [2.75, 3.05) is 0 Å². The molecule has 2 rings (SSSR count). The lowest BCUT2D eigenvalue weighted by Crippen LogP contribution is -2.20. The zero-order chi connectivity index (χ0) is 13.0. The molecule has 0 aromatic carbocycles. The molecule has 0 saturated carbocycles. The second-order valence-electron chi connectivity index (χ2n) is 4.03. The predicted octanol–water partition coefficient (Wildman–Crippen LogP) is 1.34. The fourth-order valence-electron chi connectivity index (χ4n) is 1.60. The molecule has 2 aromatic heterocycles. The Hall–Kier alpha value is -2.11. The maximum atomic E-state index is 11.8. The van der Waals surface area contributed by atoms with Gasteiger partial charge < -0.3 is 4.74 Å². The molecule has 18 heavy (non-hydrogen) atoms. The number of nitrogens with zero attached hydrogens (tertiary/aromatic N) is 4. The van der Waals surface area contributed by atoms with Gasteiger partial charge in [-0.2, -0.15) is 10.2 Å². The highest BCUT2D eigenvalue weighted by molar-refractivity contribution is 5.88. The second-order valence-corrected chi connectivity index (χ2v) is 4.03. The van der Waals surface area contributed by atoms with Crippen LogP contribution in [0.15, 0.2) is 30.9 Å². The van der Waals surface area contributed by atoms with E-state index in [1.807, 2.05) is 26.1 Å². The minimum Gasteiger partial charge on any atom is -0.457 e. The van der Waals surface area contributed by atoms with Gasteiger partial charge in [0.1, 0.15) is 6.10 Å². The van der Waals surface area contributed by atoms with Crippen LogP contribution in [0.1, 0.15) is 24.2 Å². The zero-order valence-corrected chi connectivity index (χ0v) is 10.5. The van der Waals surface area contributed by atoms with Crippen molar-refractivity contribution >= 4 is 5.97 Å². The van der Waals surface area contributed by atoms with Crippen LogP contribution >= 0.6 is 0 Å². The summed E-state index contributed by atoms with van der Waals surface area (Å²) in [6, 6.07) is 1.83. The molecule has 0 saturated heterocycles. The van der Waals surface area contributed by atoms with Crippen LogP contribution in [0.4, 0.5) is 0 Å². The van der Waals surface area contributed by atoms with E-state index in [0.29, 0.717) is 12.1 Å². The predicted molar refractivity (Wildman–Crippen MR) is 65.0 cm³/mol. The normalized spacial score (nSPS) is 12.3. The summed E-state index contributed by atoms with van der Waals surface area (Å²) >= 11 is 0. The summed E-state index contributed by atoms with van der Waals surface area (Å²) < 4.78 is 8.73.